The van der Waals surface area contributed by atoms with Crippen LogP contribution in [-0.2, 0) is 13.0 Å². The number of para-hydroxylation sites is 1. The van der Waals surface area contributed by atoms with E-state index in [0.29, 0.717) is 41.9 Å². The highest BCUT2D eigenvalue weighted by Gasteiger charge is 2.25. The molecule has 0 aliphatic heterocycles. The quantitative estimate of drug-likeness (QED) is 0.176. The number of nitrogens with zero attached hydrogens (tertiary/aromatic N) is 3. The van der Waals surface area contributed by atoms with Crippen LogP contribution in [0.5, 0.6) is 0 Å². The molecule has 0 aliphatic rings. The number of hydrogen-bond acceptors (Lipinski definition) is 2. The number of fused-ring (bicyclic) bond motifs is 3. The number of halogens is 3. The normalized spacial score (nSPS) is 11.6. The van der Waals surface area contributed by atoms with E-state index in [1.807, 2.05) is 78.2 Å². The lowest BCUT2D eigenvalue weighted by Crippen LogP contribution is -2.18. The van der Waals surface area contributed by atoms with Crippen molar-refractivity contribution in [2.45, 2.75) is 26.3 Å². The number of benzene rings is 4. The fourth-order valence-electron chi connectivity index (χ4n) is 5.54. The van der Waals surface area contributed by atoms with E-state index in [2.05, 4.69) is 34.7 Å². The Morgan fingerprint density at radius 3 is 2.22 bits per heavy atom. The van der Waals surface area contributed by atoms with Crippen molar-refractivity contribution in [2.24, 2.45) is 0 Å². The summed E-state index contributed by atoms with van der Waals surface area (Å²) >= 11 is 0. The van der Waals surface area contributed by atoms with Crippen molar-refractivity contribution in [1.29, 1.82) is 0 Å². The summed E-state index contributed by atoms with van der Waals surface area (Å²) in [6, 6.07) is 28.9. The van der Waals surface area contributed by atoms with E-state index in [4.69, 9.17) is 0 Å². The van der Waals surface area contributed by atoms with Crippen molar-refractivity contribution in [1.82, 2.24) is 19.7 Å². The second-order valence-corrected chi connectivity index (χ2v) is 10.3. The largest absolute Gasteiger partial charge is 0.333 e. The van der Waals surface area contributed by atoms with E-state index in [0.717, 1.165) is 29.7 Å². The molecule has 0 bridgehead atoms. The van der Waals surface area contributed by atoms with Gasteiger partial charge in [0, 0.05) is 12.1 Å². The van der Waals surface area contributed by atoms with Gasteiger partial charge in [-0.25, -0.2) is 9.07 Å². The summed E-state index contributed by atoms with van der Waals surface area (Å²) in [6.45, 7) is 3.51. The highest BCUT2D eigenvalue weighted by Crippen LogP contribution is 2.39. The summed E-state index contributed by atoms with van der Waals surface area (Å²) in [4.78, 5) is 0. The Morgan fingerprint density at radius 1 is 0.756 bits per heavy atom. The Kier molecular flexibility index (Phi) is 7.61. The standard InChI is InChI=1S/C34H31F3N4/c1-23-8-5-6-11-27(23)33-32(36)30-28(16-17-29-31(30)34(37)39-41(29)26-9-3-2-4-10-26)40(33)22-25-14-12-24(13-15-25)18-21-38-20-7-19-35/h2-6,8-17,38H,7,18-22H2,1H3. The van der Waals surface area contributed by atoms with E-state index >= 15 is 8.78 Å². The maximum atomic E-state index is 16.6. The van der Waals surface area contributed by atoms with E-state index in [9.17, 15) is 4.39 Å². The molecular formula is C34H31F3N4. The van der Waals surface area contributed by atoms with Crippen LogP contribution in [0.15, 0.2) is 91.0 Å². The average molecular weight is 553 g/mol. The van der Waals surface area contributed by atoms with Crippen LogP contribution in [0.25, 0.3) is 38.8 Å². The monoisotopic (exact) mass is 552 g/mol. The van der Waals surface area contributed by atoms with Crippen LogP contribution in [0.4, 0.5) is 13.2 Å². The van der Waals surface area contributed by atoms with Crippen LogP contribution in [0.1, 0.15) is 23.1 Å². The smallest absolute Gasteiger partial charge is 0.241 e. The molecule has 0 unspecified atom stereocenters. The Labute approximate surface area is 237 Å². The van der Waals surface area contributed by atoms with Gasteiger partial charge in [0.05, 0.1) is 39.9 Å². The summed E-state index contributed by atoms with van der Waals surface area (Å²) in [5.41, 5.74) is 6.13. The molecule has 7 heteroatoms. The zero-order valence-corrected chi connectivity index (χ0v) is 22.9. The minimum Gasteiger partial charge on any atom is -0.333 e. The van der Waals surface area contributed by atoms with Crippen molar-refractivity contribution in [3.8, 4) is 16.9 Å². The third kappa shape index (κ3) is 5.13. The molecule has 6 rings (SSSR count). The van der Waals surface area contributed by atoms with Gasteiger partial charge in [-0.05, 0) is 73.8 Å². The molecule has 2 aromatic heterocycles. The van der Waals surface area contributed by atoms with E-state index in [1.54, 1.807) is 0 Å². The SMILES string of the molecule is Cc1ccccc1-c1c(F)c2c3c(F)nn(-c4ccccc4)c3ccc2n1Cc1ccc(CCNCCCF)cc1. The molecule has 4 nitrogen and oxygen atoms in total. The van der Waals surface area contributed by atoms with Crippen LogP contribution in [0, 0.1) is 18.7 Å². The maximum absolute atomic E-state index is 16.6. The van der Waals surface area contributed by atoms with Crippen LogP contribution in [0.2, 0.25) is 0 Å². The van der Waals surface area contributed by atoms with Crippen molar-refractivity contribution in [3.63, 3.8) is 0 Å². The van der Waals surface area contributed by atoms with Crippen LogP contribution in [0.3, 0.4) is 0 Å². The highest BCUT2D eigenvalue weighted by atomic mass is 19.1. The van der Waals surface area contributed by atoms with Gasteiger partial charge in [0.2, 0.25) is 5.95 Å². The Bertz CT molecular complexity index is 1800. The second-order valence-electron chi connectivity index (χ2n) is 10.3. The van der Waals surface area contributed by atoms with Crippen molar-refractivity contribution < 1.29 is 13.2 Å². The average Bonchev–Trinajstić information content (AvgIpc) is 3.48. The fraction of sp³-hybridized carbons (Fsp3) is 0.206. The minimum atomic E-state index is -0.702. The lowest BCUT2D eigenvalue weighted by molar-refractivity contribution is 0.460. The van der Waals surface area contributed by atoms with Crippen LogP contribution < -0.4 is 5.32 Å². The Morgan fingerprint density at radius 2 is 1.46 bits per heavy atom. The molecule has 208 valence electrons. The van der Waals surface area contributed by atoms with Gasteiger partial charge in [0.25, 0.3) is 0 Å². The van der Waals surface area contributed by atoms with Crippen molar-refractivity contribution in [2.75, 3.05) is 19.8 Å². The molecule has 1 N–H and O–H groups in total. The molecule has 0 atom stereocenters. The summed E-state index contributed by atoms with van der Waals surface area (Å²) < 4.78 is 47.9. The van der Waals surface area contributed by atoms with Gasteiger partial charge in [-0.1, -0.05) is 66.7 Å². The Balaban J connectivity index is 1.45. The summed E-state index contributed by atoms with van der Waals surface area (Å²) in [5, 5.41) is 7.82. The molecule has 0 saturated heterocycles. The number of rotatable bonds is 10. The van der Waals surface area contributed by atoms with Gasteiger partial charge in [-0.3, -0.25) is 4.39 Å². The van der Waals surface area contributed by atoms with Gasteiger partial charge in [-0.2, -0.15) is 4.39 Å². The highest BCUT2D eigenvalue weighted by molar-refractivity contribution is 6.08. The zero-order chi connectivity index (χ0) is 28.3. The third-order valence-corrected chi connectivity index (χ3v) is 7.61. The molecule has 0 saturated carbocycles. The third-order valence-electron chi connectivity index (χ3n) is 7.61. The Hall–Kier alpha value is -4.36. The lowest BCUT2D eigenvalue weighted by atomic mass is 10.0. The molecule has 0 amide bonds. The fourth-order valence-corrected chi connectivity index (χ4v) is 5.54. The predicted octanol–water partition coefficient (Wildman–Crippen LogP) is 7.77. The van der Waals surface area contributed by atoms with Crippen molar-refractivity contribution >= 4 is 21.8 Å². The molecule has 2 heterocycles. The molecule has 4 aromatic carbocycles. The minimum absolute atomic E-state index is 0.174. The molecule has 41 heavy (non-hydrogen) atoms. The van der Waals surface area contributed by atoms with Gasteiger partial charge >= 0.3 is 0 Å². The zero-order valence-electron chi connectivity index (χ0n) is 22.9. The van der Waals surface area contributed by atoms with Gasteiger partial charge in [0.15, 0.2) is 5.82 Å². The summed E-state index contributed by atoms with van der Waals surface area (Å²) in [7, 11) is 0. The topological polar surface area (TPSA) is 34.8 Å². The molecule has 0 fully saturated rings. The predicted molar refractivity (Wildman–Crippen MR) is 159 cm³/mol. The number of nitrogens with one attached hydrogen (secondary N) is 1. The van der Waals surface area contributed by atoms with Crippen molar-refractivity contribution in [3.05, 3.63) is 119 Å². The molecule has 6 aromatic rings. The first-order valence-electron chi connectivity index (χ1n) is 13.9. The molecular weight excluding hydrogens is 521 g/mol. The first-order valence-corrected chi connectivity index (χ1v) is 13.9. The van der Waals surface area contributed by atoms with Gasteiger partial charge < -0.3 is 9.88 Å². The number of hydrogen-bond donors (Lipinski definition) is 1. The molecule has 0 radical (unpaired) electrons. The molecule has 0 aliphatic carbocycles. The van der Waals surface area contributed by atoms with Crippen LogP contribution in [-0.4, -0.2) is 34.1 Å². The number of alkyl halides is 1. The maximum Gasteiger partial charge on any atom is 0.241 e. The first-order chi connectivity index (χ1) is 20.1. The summed E-state index contributed by atoms with van der Waals surface area (Å²) in [6.07, 6.45) is 1.36. The van der Waals surface area contributed by atoms with Crippen LogP contribution >= 0.6 is 0 Å². The molecule has 0 spiro atoms. The lowest BCUT2D eigenvalue weighted by Gasteiger charge is -2.14. The van der Waals surface area contributed by atoms with E-state index < -0.39 is 11.8 Å². The van der Waals surface area contributed by atoms with Gasteiger partial charge in [0.1, 0.15) is 0 Å². The summed E-state index contributed by atoms with van der Waals surface area (Å²) in [5.74, 6) is -1.16. The van der Waals surface area contributed by atoms with E-state index in [-0.39, 0.29) is 17.4 Å². The number of aromatic nitrogens is 3. The second kappa shape index (κ2) is 11.6. The number of aryl methyl sites for hydroxylation is 1. The van der Waals surface area contributed by atoms with E-state index in [1.165, 1.54) is 10.2 Å². The van der Waals surface area contributed by atoms with Gasteiger partial charge in [-0.15, -0.1) is 5.10 Å². The first kappa shape index (κ1) is 26.8.